The first kappa shape index (κ1) is 20.8. The summed E-state index contributed by atoms with van der Waals surface area (Å²) in [6.45, 7) is 3.47. The van der Waals surface area contributed by atoms with Crippen LogP contribution in [0.4, 0.5) is 13.2 Å². The maximum absolute atomic E-state index is 12.6. The molecule has 0 radical (unpaired) electrons. The van der Waals surface area contributed by atoms with Gasteiger partial charge in [-0.2, -0.15) is 13.2 Å². The normalized spacial score (nSPS) is 12.0. The number of hydrogen-bond donors (Lipinski definition) is 2. The van der Waals surface area contributed by atoms with Gasteiger partial charge in [0.1, 0.15) is 0 Å². The van der Waals surface area contributed by atoms with Gasteiger partial charge in [-0.05, 0) is 24.1 Å². The first-order valence-electron chi connectivity index (χ1n) is 8.12. The van der Waals surface area contributed by atoms with Crippen LogP contribution in [-0.4, -0.2) is 44.0 Å². The molecule has 0 saturated heterocycles. The second kappa shape index (κ2) is 9.90. The topological polar surface area (TPSA) is 56.7 Å². The van der Waals surface area contributed by atoms with Crippen molar-refractivity contribution in [3.05, 3.63) is 35.4 Å². The van der Waals surface area contributed by atoms with Crippen LogP contribution in [-0.2, 0) is 17.5 Å². The monoisotopic (exact) mass is 358 g/mol. The lowest BCUT2D eigenvalue weighted by Crippen LogP contribution is -2.40. The van der Waals surface area contributed by atoms with Crippen molar-refractivity contribution < 1.29 is 18.0 Å². The minimum Gasteiger partial charge on any atom is -0.356 e. The van der Waals surface area contributed by atoms with Crippen molar-refractivity contribution in [2.75, 3.05) is 27.2 Å². The van der Waals surface area contributed by atoms with Gasteiger partial charge >= 0.3 is 6.18 Å². The summed E-state index contributed by atoms with van der Waals surface area (Å²) in [5.74, 6) is 0.540. The van der Waals surface area contributed by atoms with Gasteiger partial charge < -0.3 is 15.5 Å². The summed E-state index contributed by atoms with van der Waals surface area (Å²) < 4.78 is 37.7. The van der Waals surface area contributed by atoms with E-state index in [1.54, 1.807) is 19.0 Å². The lowest BCUT2D eigenvalue weighted by atomic mass is 10.1. The van der Waals surface area contributed by atoms with Gasteiger partial charge in [-0.1, -0.05) is 19.1 Å². The molecule has 0 aromatic heterocycles. The van der Waals surface area contributed by atoms with Crippen LogP contribution in [0.1, 0.15) is 30.9 Å². The molecule has 1 amide bonds. The molecule has 8 heteroatoms. The van der Waals surface area contributed by atoms with Crippen molar-refractivity contribution in [3.8, 4) is 0 Å². The number of carbonyl (C=O) groups is 1. The Bertz CT molecular complexity index is 570. The molecule has 0 aliphatic carbocycles. The number of alkyl halides is 3. The average Bonchev–Trinajstić information content (AvgIpc) is 2.56. The van der Waals surface area contributed by atoms with Crippen LogP contribution in [0.5, 0.6) is 0 Å². The van der Waals surface area contributed by atoms with Crippen molar-refractivity contribution in [2.45, 2.75) is 32.5 Å². The molecule has 0 saturated carbocycles. The van der Waals surface area contributed by atoms with Crippen LogP contribution < -0.4 is 10.6 Å². The minimum atomic E-state index is -4.33. The van der Waals surface area contributed by atoms with E-state index in [9.17, 15) is 18.0 Å². The molecule has 0 unspecified atom stereocenters. The minimum absolute atomic E-state index is 0.0322. The first-order chi connectivity index (χ1) is 11.8. The summed E-state index contributed by atoms with van der Waals surface area (Å²) in [4.78, 5) is 17.5. The molecule has 0 atom stereocenters. The van der Waals surface area contributed by atoms with Gasteiger partial charge in [-0.3, -0.25) is 9.79 Å². The van der Waals surface area contributed by atoms with E-state index in [-0.39, 0.29) is 5.91 Å². The van der Waals surface area contributed by atoms with E-state index in [4.69, 9.17) is 0 Å². The van der Waals surface area contributed by atoms with Gasteiger partial charge in [0.05, 0.1) is 5.56 Å². The number of aliphatic imine (C=N–C) groups is 1. The number of guanidine groups is 1. The number of amides is 1. The van der Waals surface area contributed by atoms with E-state index in [1.165, 1.54) is 12.1 Å². The van der Waals surface area contributed by atoms with Crippen LogP contribution in [0.15, 0.2) is 29.3 Å². The highest BCUT2D eigenvalue weighted by Crippen LogP contribution is 2.29. The number of halogens is 3. The van der Waals surface area contributed by atoms with E-state index >= 15 is 0 Å². The van der Waals surface area contributed by atoms with Crippen LogP contribution in [0.2, 0.25) is 0 Å². The molecule has 0 bridgehead atoms. The zero-order chi connectivity index (χ0) is 18.9. The Balaban J connectivity index is 2.51. The number of carbonyl (C=O) groups excluding carboxylic acids is 1. The second-order valence-electron chi connectivity index (χ2n) is 5.62. The number of hydrogen-bond acceptors (Lipinski definition) is 2. The highest BCUT2D eigenvalue weighted by atomic mass is 19.4. The quantitative estimate of drug-likeness (QED) is 0.582. The fourth-order valence-corrected chi connectivity index (χ4v) is 2.17. The zero-order valence-electron chi connectivity index (χ0n) is 14.8. The molecule has 1 aromatic carbocycles. The summed E-state index contributed by atoms with van der Waals surface area (Å²) in [7, 11) is 3.40. The number of rotatable bonds is 7. The van der Waals surface area contributed by atoms with Gasteiger partial charge in [0, 0.05) is 40.2 Å². The summed E-state index contributed by atoms with van der Waals surface area (Å²) in [6.07, 6.45) is -3.12. The zero-order valence-corrected chi connectivity index (χ0v) is 14.8. The van der Waals surface area contributed by atoms with E-state index in [0.717, 1.165) is 24.1 Å². The summed E-state index contributed by atoms with van der Waals surface area (Å²) in [5, 5.41) is 5.85. The molecule has 2 N–H and O–H groups in total. The van der Waals surface area contributed by atoms with E-state index < -0.39 is 11.7 Å². The van der Waals surface area contributed by atoms with Gasteiger partial charge in [-0.15, -0.1) is 0 Å². The molecular weight excluding hydrogens is 333 g/mol. The molecule has 1 rings (SSSR count). The van der Waals surface area contributed by atoms with Crippen molar-refractivity contribution >= 4 is 11.9 Å². The Labute approximate surface area is 146 Å². The highest BCUT2D eigenvalue weighted by Gasteiger charge is 2.29. The molecule has 0 aliphatic heterocycles. The molecule has 140 valence electrons. The molecule has 0 spiro atoms. The Kier molecular flexibility index (Phi) is 8.24. The molecule has 0 aliphatic rings. The van der Waals surface area contributed by atoms with Crippen molar-refractivity contribution in [3.63, 3.8) is 0 Å². The number of nitrogens with one attached hydrogen (secondary N) is 2. The molecule has 1 aromatic rings. The van der Waals surface area contributed by atoms with Gasteiger partial charge in [0.15, 0.2) is 5.96 Å². The number of nitrogens with zero attached hydrogens (tertiary/aromatic N) is 2. The predicted octanol–water partition coefficient (Wildman–Crippen LogP) is 2.63. The van der Waals surface area contributed by atoms with Crippen molar-refractivity contribution in [2.24, 2.45) is 4.99 Å². The first-order valence-corrected chi connectivity index (χ1v) is 8.12. The SMILES string of the molecule is CCCNC(=O)CCNC(=NC)N(C)Cc1ccc(C(F)(F)F)cc1. The summed E-state index contributed by atoms with van der Waals surface area (Å²) >= 11 is 0. The van der Waals surface area contributed by atoms with Crippen LogP contribution in [0.25, 0.3) is 0 Å². The predicted molar refractivity (Wildman–Crippen MR) is 92.2 cm³/mol. The van der Waals surface area contributed by atoms with Crippen LogP contribution in [0.3, 0.4) is 0 Å². The Morgan fingerprint density at radius 3 is 2.32 bits per heavy atom. The van der Waals surface area contributed by atoms with Gasteiger partial charge in [0.25, 0.3) is 0 Å². The van der Waals surface area contributed by atoms with Crippen molar-refractivity contribution in [1.29, 1.82) is 0 Å². The van der Waals surface area contributed by atoms with E-state index in [0.29, 0.717) is 32.0 Å². The third-order valence-corrected chi connectivity index (χ3v) is 3.48. The third-order valence-electron chi connectivity index (χ3n) is 3.48. The molecule has 5 nitrogen and oxygen atoms in total. The third kappa shape index (κ3) is 7.45. The van der Waals surface area contributed by atoms with Crippen molar-refractivity contribution in [1.82, 2.24) is 15.5 Å². The fourth-order valence-electron chi connectivity index (χ4n) is 2.17. The Hall–Kier alpha value is -2.25. The van der Waals surface area contributed by atoms with Gasteiger partial charge in [0.2, 0.25) is 5.91 Å². The summed E-state index contributed by atoms with van der Waals surface area (Å²) in [5.41, 5.74) is 0.0682. The molecule has 0 fully saturated rings. The molecule has 0 heterocycles. The smallest absolute Gasteiger partial charge is 0.356 e. The fraction of sp³-hybridized carbons (Fsp3) is 0.529. The van der Waals surface area contributed by atoms with E-state index in [2.05, 4.69) is 15.6 Å². The Morgan fingerprint density at radius 1 is 1.16 bits per heavy atom. The Morgan fingerprint density at radius 2 is 1.80 bits per heavy atom. The second-order valence-corrected chi connectivity index (χ2v) is 5.62. The standard InChI is InChI=1S/C17H25F3N4O/c1-4-10-22-15(25)9-11-23-16(21-2)24(3)12-13-5-7-14(8-6-13)17(18,19)20/h5-8H,4,9-12H2,1-3H3,(H,21,23)(H,22,25). The number of benzene rings is 1. The molecule has 25 heavy (non-hydrogen) atoms. The molecular formula is C17H25F3N4O. The lowest BCUT2D eigenvalue weighted by molar-refractivity contribution is -0.137. The largest absolute Gasteiger partial charge is 0.416 e. The van der Waals surface area contributed by atoms with Crippen LogP contribution >= 0.6 is 0 Å². The van der Waals surface area contributed by atoms with Crippen LogP contribution in [0, 0.1) is 0 Å². The average molecular weight is 358 g/mol. The maximum Gasteiger partial charge on any atom is 0.416 e. The maximum atomic E-state index is 12.6. The lowest BCUT2D eigenvalue weighted by Gasteiger charge is -2.22. The summed E-state index contributed by atoms with van der Waals surface area (Å²) in [6, 6.07) is 5.03. The van der Waals surface area contributed by atoms with Gasteiger partial charge in [-0.25, -0.2) is 0 Å². The van der Waals surface area contributed by atoms with E-state index in [1.807, 2.05) is 6.92 Å². The highest BCUT2D eigenvalue weighted by molar-refractivity contribution is 5.81.